The third-order valence-corrected chi connectivity index (χ3v) is 2.12. The van der Waals surface area contributed by atoms with Gasteiger partial charge in [0, 0.05) is 6.54 Å². The quantitative estimate of drug-likeness (QED) is 0.724. The molecule has 0 bridgehead atoms. The van der Waals surface area contributed by atoms with Crippen LogP contribution in [0.25, 0.3) is 0 Å². The monoisotopic (exact) mass is 193 g/mol. The molecule has 13 heavy (non-hydrogen) atoms. The van der Waals surface area contributed by atoms with Crippen LogP contribution >= 0.6 is 11.6 Å². The van der Waals surface area contributed by atoms with Gasteiger partial charge in [-0.15, -0.1) is 0 Å². The van der Waals surface area contributed by atoms with Crippen molar-refractivity contribution in [1.82, 2.24) is 4.57 Å². The Morgan fingerprint density at radius 2 is 2.15 bits per heavy atom. The molecule has 0 saturated heterocycles. The number of nitriles is 2. The van der Waals surface area contributed by atoms with E-state index in [2.05, 4.69) is 0 Å². The number of nitrogens with zero attached hydrogens (tertiary/aromatic N) is 3. The zero-order chi connectivity index (χ0) is 9.84. The maximum atomic E-state index is 8.74. The van der Waals surface area contributed by atoms with Gasteiger partial charge in [0.25, 0.3) is 0 Å². The smallest absolute Gasteiger partial charge is 0.127 e. The van der Waals surface area contributed by atoms with E-state index in [1.807, 2.05) is 19.1 Å². The van der Waals surface area contributed by atoms with E-state index >= 15 is 0 Å². The minimum Gasteiger partial charge on any atom is -0.322 e. The summed E-state index contributed by atoms with van der Waals surface area (Å²) in [5, 5.41) is 17.8. The van der Waals surface area contributed by atoms with E-state index < -0.39 is 0 Å². The van der Waals surface area contributed by atoms with Gasteiger partial charge in [0.15, 0.2) is 0 Å². The second kappa shape index (κ2) is 3.98. The van der Waals surface area contributed by atoms with Gasteiger partial charge in [-0.3, -0.25) is 0 Å². The molecule has 0 radical (unpaired) electrons. The zero-order valence-corrected chi connectivity index (χ0v) is 7.97. The average molecular weight is 194 g/mol. The number of aromatic nitrogens is 1. The van der Waals surface area contributed by atoms with Crippen LogP contribution in [0.15, 0.2) is 6.07 Å². The van der Waals surface area contributed by atoms with Gasteiger partial charge in [-0.25, -0.2) is 0 Å². The van der Waals surface area contributed by atoms with E-state index in [4.69, 9.17) is 22.1 Å². The van der Waals surface area contributed by atoms with Gasteiger partial charge in [-0.2, -0.15) is 10.5 Å². The van der Waals surface area contributed by atoms with Crippen LogP contribution in [0.4, 0.5) is 0 Å². The summed E-state index contributed by atoms with van der Waals surface area (Å²) >= 11 is 5.88. The fourth-order valence-electron chi connectivity index (χ4n) is 1.14. The first-order chi connectivity index (χ1) is 6.24. The minimum atomic E-state index is 0.362. The molecular formula is C9H8ClN3. The van der Waals surface area contributed by atoms with Gasteiger partial charge < -0.3 is 4.57 Å². The number of halogens is 1. The molecule has 0 amide bonds. The fourth-order valence-corrected chi connectivity index (χ4v) is 1.41. The molecule has 0 unspecified atom stereocenters. The Morgan fingerprint density at radius 1 is 1.46 bits per heavy atom. The van der Waals surface area contributed by atoms with Crippen molar-refractivity contribution in [2.24, 2.45) is 0 Å². The molecule has 0 N–H and O–H groups in total. The van der Waals surface area contributed by atoms with Crippen molar-refractivity contribution in [1.29, 1.82) is 10.5 Å². The second-order valence-electron chi connectivity index (χ2n) is 2.61. The molecule has 0 atom stereocenters. The average Bonchev–Trinajstić information content (AvgIpc) is 2.45. The molecule has 1 rings (SSSR count). The lowest BCUT2D eigenvalue weighted by atomic mass is 10.3. The molecule has 4 heteroatoms. The van der Waals surface area contributed by atoms with Crippen LogP contribution in [0.3, 0.4) is 0 Å². The molecule has 0 spiro atoms. The van der Waals surface area contributed by atoms with E-state index in [-0.39, 0.29) is 0 Å². The SMILES string of the molecule is CCCn1c(C#N)cc(C#N)c1Cl. The van der Waals surface area contributed by atoms with Crippen LogP contribution in [0.1, 0.15) is 24.6 Å². The Kier molecular flexibility index (Phi) is 2.95. The normalized spacial score (nSPS) is 9.23. The molecule has 66 valence electrons. The standard InChI is InChI=1S/C9H8ClN3/c1-2-3-13-8(6-12)4-7(5-11)9(13)10/h4H,2-3H2,1H3. The predicted octanol–water partition coefficient (Wildman–Crippen LogP) is 2.29. The first-order valence-corrected chi connectivity index (χ1v) is 4.31. The molecule has 0 aliphatic heterocycles. The first kappa shape index (κ1) is 9.64. The maximum Gasteiger partial charge on any atom is 0.127 e. The molecule has 1 aromatic rings. The third-order valence-electron chi connectivity index (χ3n) is 1.71. The fraction of sp³-hybridized carbons (Fsp3) is 0.333. The summed E-state index contributed by atoms with van der Waals surface area (Å²) in [6.45, 7) is 2.66. The maximum absolute atomic E-state index is 8.74. The van der Waals surface area contributed by atoms with E-state index in [0.717, 1.165) is 6.42 Å². The second-order valence-corrected chi connectivity index (χ2v) is 2.97. The largest absolute Gasteiger partial charge is 0.322 e. The summed E-state index contributed by atoms with van der Waals surface area (Å²) in [7, 11) is 0. The van der Waals surface area contributed by atoms with Crippen LogP contribution < -0.4 is 0 Å². The summed E-state index contributed by atoms with van der Waals surface area (Å²) in [6.07, 6.45) is 0.883. The van der Waals surface area contributed by atoms with Gasteiger partial charge in [0.05, 0.1) is 5.56 Å². The molecule has 3 nitrogen and oxygen atoms in total. The van der Waals surface area contributed by atoms with Crippen LogP contribution in [0.5, 0.6) is 0 Å². The Labute approximate surface area is 81.8 Å². The Bertz CT molecular complexity index is 392. The summed E-state index contributed by atoms with van der Waals surface area (Å²) in [4.78, 5) is 0. The van der Waals surface area contributed by atoms with Crippen molar-refractivity contribution in [3.05, 3.63) is 22.5 Å². The van der Waals surface area contributed by atoms with Gasteiger partial charge >= 0.3 is 0 Å². The lowest BCUT2D eigenvalue weighted by Crippen LogP contribution is -1.99. The van der Waals surface area contributed by atoms with Gasteiger partial charge in [-0.1, -0.05) is 18.5 Å². The third kappa shape index (κ3) is 1.66. The van der Waals surface area contributed by atoms with Crippen LogP contribution in [0, 0.1) is 22.7 Å². The van der Waals surface area contributed by atoms with Crippen molar-refractivity contribution in [3.8, 4) is 12.1 Å². The van der Waals surface area contributed by atoms with Crippen LogP contribution in [-0.4, -0.2) is 4.57 Å². The van der Waals surface area contributed by atoms with E-state index in [0.29, 0.717) is 23.0 Å². The minimum absolute atomic E-state index is 0.362. The van der Waals surface area contributed by atoms with Crippen molar-refractivity contribution in [2.75, 3.05) is 0 Å². The van der Waals surface area contributed by atoms with E-state index in [9.17, 15) is 0 Å². The van der Waals surface area contributed by atoms with Crippen molar-refractivity contribution < 1.29 is 0 Å². The van der Waals surface area contributed by atoms with Crippen LogP contribution in [0.2, 0.25) is 5.15 Å². The molecular weight excluding hydrogens is 186 g/mol. The summed E-state index contributed by atoms with van der Waals surface area (Å²) in [5.41, 5.74) is 0.815. The van der Waals surface area contributed by atoms with Crippen LogP contribution in [-0.2, 0) is 6.54 Å². The summed E-state index contributed by atoms with van der Waals surface area (Å²) in [5.74, 6) is 0. The lowest BCUT2D eigenvalue weighted by molar-refractivity contribution is 0.676. The molecule has 1 heterocycles. The predicted molar refractivity (Wildman–Crippen MR) is 49.2 cm³/mol. The van der Waals surface area contributed by atoms with Crippen molar-refractivity contribution >= 4 is 11.6 Å². The van der Waals surface area contributed by atoms with Crippen molar-refractivity contribution in [3.63, 3.8) is 0 Å². The number of hydrogen-bond acceptors (Lipinski definition) is 2. The summed E-state index contributed by atoms with van der Waals surface area (Å²) < 4.78 is 1.65. The Hall–Kier alpha value is -1.45. The molecule has 0 aliphatic rings. The summed E-state index contributed by atoms with van der Waals surface area (Å²) in [6, 6.07) is 5.46. The molecule has 1 aromatic heterocycles. The van der Waals surface area contributed by atoms with E-state index in [1.165, 1.54) is 6.07 Å². The van der Waals surface area contributed by atoms with Crippen molar-refractivity contribution in [2.45, 2.75) is 19.9 Å². The highest BCUT2D eigenvalue weighted by atomic mass is 35.5. The first-order valence-electron chi connectivity index (χ1n) is 3.93. The molecule has 0 aromatic carbocycles. The lowest BCUT2D eigenvalue weighted by Gasteiger charge is -2.02. The topological polar surface area (TPSA) is 52.5 Å². The Morgan fingerprint density at radius 3 is 2.62 bits per heavy atom. The van der Waals surface area contributed by atoms with Gasteiger partial charge in [-0.05, 0) is 12.5 Å². The molecule has 0 aliphatic carbocycles. The van der Waals surface area contributed by atoms with E-state index in [1.54, 1.807) is 4.57 Å². The number of hydrogen-bond donors (Lipinski definition) is 0. The highest BCUT2D eigenvalue weighted by Crippen LogP contribution is 2.20. The number of rotatable bonds is 2. The molecule has 0 fully saturated rings. The van der Waals surface area contributed by atoms with Gasteiger partial charge in [0.2, 0.25) is 0 Å². The Balaban J connectivity index is 3.24. The molecule has 0 saturated carbocycles. The van der Waals surface area contributed by atoms with Gasteiger partial charge in [0.1, 0.15) is 23.0 Å². The highest BCUT2D eigenvalue weighted by molar-refractivity contribution is 6.30. The highest BCUT2D eigenvalue weighted by Gasteiger charge is 2.11. The zero-order valence-electron chi connectivity index (χ0n) is 7.21.